The number of carbonyl (C=O) groups is 1. The molecule has 3 N–H and O–H groups in total. The van der Waals surface area contributed by atoms with Crippen LogP contribution in [0, 0.1) is 0 Å². The minimum absolute atomic E-state index is 0.625. The van der Waals surface area contributed by atoms with E-state index in [0.29, 0.717) is 0 Å². The van der Waals surface area contributed by atoms with Crippen molar-refractivity contribution in [2.45, 2.75) is 32.1 Å². The van der Waals surface area contributed by atoms with Crippen molar-refractivity contribution >= 4 is 15.9 Å². The maximum Gasteiger partial charge on any atom is 0.250 e. The highest BCUT2D eigenvalue weighted by Gasteiger charge is 2.20. The minimum Gasteiger partial charge on any atom is -0.320 e. The first kappa shape index (κ1) is 11.4. The molecule has 1 atom stereocenters. The van der Waals surface area contributed by atoms with Crippen LogP contribution in [0.3, 0.4) is 0 Å². The molecule has 1 amide bonds. The molecule has 0 bridgehead atoms. The second-order valence-corrected chi connectivity index (χ2v) is 5.09. The minimum atomic E-state index is -3.52. The zero-order chi connectivity index (χ0) is 9.94. The third kappa shape index (κ3) is 3.19. The van der Waals surface area contributed by atoms with Crippen LogP contribution in [-0.2, 0) is 14.8 Å². The number of rotatable bonds is 3. The van der Waals surface area contributed by atoms with Crippen LogP contribution in [0.2, 0.25) is 0 Å². The molecule has 12 heavy (non-hydrogen) atoms. The number of hydrogen-bond acceptors (Lipinski definition) is 4. The van der Waals surface area contributed by atoms with Gasteiger partial charge in [0, 0.05) is 0 Å². The van der Waals surface area contributed by atoms with Crippen molar-refractivity contribution in [1.82, 2.24) is 4.72 Å². The molecule has 0 aliphatic heterocycles. The molecule has 0 aromatic heterocycles. The maximum absolute atomic E-state index is 11.1. The van der Waals surface area contributed by atoms with Gasteiger partial charge in [0.05, 0.1) is 11.3 Å². The SMILES string of the molecule is CC(C)S(=O)(=O)NC(=O)[C@@H](C)N. The van der Waals surface area contributed by atoms with Gasteiger partial charge in [0.2, 0.25) is 15.9 Å². The number of carbonyl (C=O) groups excluding carboxylic acids is 1. The van der Waals surface area contributed by atoms with Gasteiger partial charge >= 0.3 is 0 Å². The van der Waals surface area contributed by atoms with Crippen LogP contribution in [0.25, 0.3) is 0 Å². The molecule has 0 radical (unpaired) electrons. The lowest BCUT2D eigenvalue weighted by molar-refractivity contribution is -0.120. The first-order valence-corrected chi connectivity index (χ1v) is 5.13. The molecule has 0 saturated carbocycles. The molecule has 0 heterocycles. The Balaban J connectivity index is 4.38. The summed E-state index contributed by atoms with van der Waals surface area (Å²) in [5, 5.41) is -0.625. The van der Waals surface area contributed by atoms with Gasteiger partial charge in [-0.1, -0.05) is 0 Å². The smallest absolute Gasteiger partial charge is 0.250 e. The van der Waals surface area contributed by atoms with E-state index in [0.717, 1.165) is 0 Å². The standard InChI is InChI=1S/C6H14N2O3S/c1-4(2)12(10,11)8-6(9)5(3)7/h4-5H,7H2,1-3H3,(H,8,9)/t5-/m1/s1. The van der Waals surface area contributed by atoms with Gasteiger partial charge in [-0.3, -0.25) is 9.52 Å². The topological polar surface area (TPSA) is 89.3 Å². The van der Waals surface area contributed by atoms with E-state index < -0.39 is 27.2 Å². The third-order valence-corrected chi connectivity index (χ3v) is 3.00. The van der Waals surface area contributed by atoms with Gasteiger partial charge in [0.25, 0.3) is 0 Å². The summed E-state index contributed by atoms with van der Waals surface area (Å²) in [4.78, 5) is 10.8. The van der Waals surface area contributed by atoms with Crippen molar-refractivity contribution in [3.8, 4) is 0 Å². The second kappa shape index (κ2) is 3.86. The highest BCUT2D eigenvalue weighted by atomic mass is 32.2. The van der Waals surface area contributed by atoms with Gasteiger partial charge in [-0.15, -0.1) is 0 Å². The van der Waals surface area contributed by atoms with E-state index >= 15 is 0 Å². The Morgan fingerprint density at radius 1 is 1.33 bits per heavy atom. The molecule has 0 aliphatic rings. The monoisotopic (exact) mass is 194 g/mol. The fourth-order valence-electron chi connectivity index (χ4n) is 0.351. The van der Waals surface area contributed by atoms with Crippen LogP contribution in [0.1, 0.15) is 20.8 Å². The van der Waals surface area contributed by atoms with Gasteiger partial charge in [-0.2, -0.15) is 0 Å². The summed E-state index contributed by atoms with van der Waals surface area (Å²) in [5.41, 5.74) is 5.17. The zero-order valence-electron chi connectivity index (χ0n) is 7.37. The molecular formula is C6H14N2O3S. The maximum atomic E-state index is 11.1. The van der Waals surface area contributed by atoms with Crippen molar-refractivity contribution in [2.75, 3.05) is 0 Å². The molecule has 0 aliphatic carbocycles. The van der Waals surface area contributed by atoms with Gasteiger partial charge in [0.1, 0.15) is 0 Å². The summed E-state index contributed by atoms with van der Waals surface area (Å²) in [7, 11) is -3.52. The van der Waals surface area contributed by atoms with E-state index in [1.54, 1.807) is 0 Å². The first-order valence-electron chi connectivity index (χ1n) is 3.58. The number of nitrogens with one attached hydrogen (secondary N) is 1. The molecule has 6 heteroatoms. The summed E-state index contributed by atoms with van der Waals surface area (Å²) < 4.78 is 24.0. The van der Waals surface area contributed by atoms with Gasteiger partial charge in [-0.25, -0.2) is 8.42 Å². The molecule has 0 aromatic carbocycles. The van der Waals surface area contributed by atoms with E-state index in [2.05, 4.69) is 0 Å². The Hall–Kier alpha value is -0.620. The zero-order valence-corrected chi connectivity index (χ0v) is 8.18. The molecule has 72 valence electrons. The lowest BCUT2D eigenvalue weighted by atomic mass is 10.4. The number of amides is 1. The average Bonchev–Trinajstić information content (AvgIpc) is 1.85. The van der Waals surface area contributed by atoms with Crippen LogP contribution in [0.5, 0.6) is 0 Å². The summed E-state index contributed by atoms with van der Waals surface area (Å²) in [5.74, 6) is -0.677. The molecule has 0 rings (SSSR count). The number of nitrogens with two attached hydrogens (primary N) is 1. The van der Waals surface area contributed by atoms with Crippen molar-refractivity contribution in [1.29, 1.82) is 0 Å². The molecule has 5 nitrogen and oxygen atoms in total. The largest absolute Gasteiger partial charge is 0.320 e. The van der Waals surface area contributed by atoms with Gasteiger partial charge < -0.3 is 5.73 Å². The Bertz CT molecular complexity index is 256. The summed E-state index contributed by atoms with van der Waals surface area (Å²) in [6.45, 7) is 4.39. The fourth-order valence-corrected chi connectivity index (χ4v) is 1.05. The van der Waals surface area contributed by atoms with Crippen LogP contribution in [0.4, 0.5) is 0 Å². The summed E-state index contributed by atoms with van der Waals surface area (Å²) >= 11 is 0. The Kier molecular flexibility index (Phi) is 3.66. The molecule has 0 aromatic rings. The Labute approximate surface area is 72.4 Å². The normalized spacial score (nSPS) is 14.4. The highest BCUT2D eigenvalue weighted by molar-refractivity contribution is 7.90. The van der Waals surface area contributed by atoms with E-state index in [1.807, 2.05) is 4.72 Å². The van der Waals surface area contributed by atoms with E-state index in [1.165, 1.54) is 20.8 Å². The third-order valence-electron chi connectivity index (χ3n) is 1.28. The van der Waals surface area contributed by atoms with E-state index in [9.17, 15) is 13.2 Å². The summed E-state index contributed by atoms with van der Waals surface area (Å²) in [6.07, 6.45) is 0. The lowest BCUT2D eigenvalue weighted by Crippen LogP contribution is -2.44. The molecular weight excluding hydrogens is 180 g/mol. The van der Waals surface area contributed by atoms with Crippen molar-refractivity contribution in [3.05, 3.63) is 0 Å². The molecule has 0 fully saturated rings. The van der Waals surface area contributed by atoms with E-state index in [-0.39, 0.29) is 0 Å². The Morgan fingerprint density at radius 2 is 1.75 bits per heavy atom. The predicted octanol–water partition coefficient (Wildman–Crippen LogP) is -0.812. The number of sulfonamides is 1. The predicted molar refractivity (Wildman–Crippen MR) is 45.8 cm³/mol. The van der Waals surface area contributed by atoms with Crippen molar-refractivity contribution in [3.63, 3.8) is 0 Å². The fraction of sp³-hybridized carbons (Fsp3) is 0.833. The van der Waals surface area contributed by atoms with Crippen LogP contribution < -0.4 is 10.5 Å². The van der Waals surface area contributed by atoms with Crippen LogP contribution >= 0.6 is 0 Å². The van der Waals surface area contributed by atoms with Crippen molar-refractivity contribution < 1.29 is 13.2 Å². The molecule has 0 spiro atoms. The van der Waals surface area contributed by atoms with E-state index in [4.69, 9.17) is 5.73 Å². The molecule has 0 unspecified atom stereocenters. The van der Waals surface area contributed by atoms with Crippen molar-refractivity contribution in [2.24, 2.45) is 5.73 Å². The lowest BCUT2D eigenvalue weighted by Gasteiger charge is -2.10. The van der Waals surface area contributed by atoms with Gasteiger partial charge in [0.15, 0.2) is 0 Å². The molecule has 0 saturated heterocycles. The van der Waals surface area contributed by atoms with Crippen LogP contribution in [0.15, 0.2) is 0 Å². The van der Waals surface area contributed by atoms with Crippen LogP contribution in [-0.4, -0.2) is 25.6 Å². The average molecular weight is 194 g/mol. The second-order valence-electron chi connectivity index (χ2n) is 2.85. The quantitative estimate of drug-likeness (QED) is 0.614. The summed E-state index contributed by atoms with van der Waals surface area (Å²) in [6, 6.07) is -0.807. The number of hydrogen-bond donors (Lipinski definition) is 2. The highest BCUT2D eigenvalue weighted by Crippen LogP contribution is 1.95. The first-order chi connectivity index (χ1) is 5.27. The van der Waals surface area contributed by atoms with Gasteiger partial charge in [-0.05, 0) is 20.8 Å². The Morgan fingerprint density at radius 3 is 2.00 bits per heavy atom.